The number of carboxylic acids is 1. The van der Waals surface area contributed by atoms with Crippen molar-refractivity contribution in [2.24, 2.45) is 23.7 Å². The van der Waals surface area contributed by atoms with Crippen LogP contribution in [0.25, 0.3) is 0 Å². The molecule has 114 valence electrons. The maximum Gasteiger partial charge on any atom is 0.317 e. The Balaban J connectivity index is 1.89. The Bertz CT molecular complexity index is 385. The van der Waals surface area contributed by atoms with Crippen molar-refractivity contribution in [1.29, 1.82) is 0 Å². The fourth-order valence-corrected chi connectivity index (χ4v) is 3.73. The summed E-state index contributed by atoms with van der Waals surface area (Å²) in [6, 6.07) is 0.154. The van der Waals surface area contributed by atoms with Gasteiger partial charge in [-0.15, -0.1) is 0 Å². The summed E-state index contributed by atoms with van der Waals surface area (Å²) in [5.41, 5.74) is 0. The standard InChI is InChI=1S/C15H26N2O3/c1-4-11-5-6-13(10(11)3)16-15(20)17-7-9(2)12(8-17)14(18)19/h9-13H,4-8H2,1-3H3,(H,16,20)(H,18,19). The number of nitrogens with one attached hydrogen (secondary N) is 1. The SMILES string of the molecule is CCC1CCC(NC(=O)N2CC(C)C(C(=O)O)C2)C1C. The summed E-state index contributed by atoms with van der Waals surface area (Å²) >= 11 is 0. The van der Waals surface area contributed by atoms with Gasteiger partial charge >= 0.3 is 12.0 Å². The summed E-state index contributed by atoms with van der Waals surface area (Å²) in [6.45, 7) is 7.18. The van der Waals surface area contributed by atoms with Crippen LogP contribution < -0.4 is 5.32 Å². The zero-order chi connectivity index (χ0) is 14.9. The molecule has 1 heterocycles. The fraction of sp³-hybridized carbons (Fsp3) is 0.867. The molecule has 0 bridgehead atoms. The summed E-state index contributed by atoms with van der Waals surface area (Å²) < 4.78 is 0. The first-order valence-electron chi connectivity index (χ1n) is 7.72. The van der Waals surface area contributed by atoms with Gasteiger partial charge in [0.05, 0.1) is 5.92 Å². The van der Waals surface area contributed by atoms with E-state index in [0.29, 0.717) is 24.9 Å². The number of nitrogens with zero attached hydrogens (tertiary/aromatic N) is 1. The molecule has 2 fully saturated rings. The molecule has 1 aliphatic carbocycles. The topological polar surface area (TPSA) is 69.6 Å². The lowest BCUT2D eigenvalue weighted by Crippen LogP contribution is -2.45. The van der Waals surface area contributed by atoms with Crippen molar-refractivity contribution in [3.63, 3.8) is 0 Å². The molecule has 5 unspecified atom stereocenters. The quantitative estimate of drug-likeness (QED) is 0.833. The van der Waals surface area contributed by atoms with Crippen molar-refractivity contribution in [3.8, 4) is 0 Å². The second-order valence-corrected chi connectivity index (χ2v) is 6.49. The molecule has 0 aromatic carbocycles. The second-order valence-electron chi connectivity index (χ2n) is 6.49. The van der Waals surface area contributed by atoms with Gasteiger partial charge in [0.1, 0.15) is 0 Å². The maximum absolute atomic E-state index is 12.3. The van der Waals surface area contributed by atoms with E-state index in [-0.39, 0.29) is 18.0 Å². The normalized spacial score (nSPS) is 37.1. The van der Waals surface area contributed by atoms with Gasteiger partial charge in [-0.3, -0.25) is 4.79 Å². The smallest absolute Gasteiger partial charge is 0.317 e. The molecule has 5 atom stereocenters. The Morgan fingerprint density at radius 2 is 1.95 bits per heavy atom. The van der Waals surface area contributed by atoms with Crippen molar-refractivity contribution >= 4 is 12.0 Å². The van der Waals surface area contributed by atoms with E-state index in [1.807, 2.05) is 6.92 Å². The van der Waals surface area contributed by atoms with E-state index in [0.717, 1.165) is 12.8 Å². The number of carbonyl (C=O) groups excluding carboxylic acids is 1. The maximum atomic E-state index is 12.3. The lowest BCUT2D eigenvalue weighted by molar-refractivity contribution is -0.142. The van der Waals surface area contributed by atoms with Crippen molar-refractivity contribution < 1.29 is 14.7 Å². The highest BCUT2D eigenvalue weighted by molar-refractivity contribution is 5.77. The Hall–Kier alpha value is -1.26. The summed E-state index contributed by atoms with van der Waals surface area (Å²) in [6.07, 6.45) is 3.38. The molecule has 0 spiro atoms. The highest BCUT2D eigenvalue weighted by Gasteiger charge is 2.39. The predicted molar refractivity (Wildman–Crippen MR) is 76.4 cm³/mol. The average Bonchev–Trinajstić information content (AvgIpc) is 2.94. The minimum atomic E-state index is -0.798. The van der Waals surface area contributed by atoms with E-state index in [1.54, 1.807) is 4.90 Å². The second kappa shape index (κ2) is 6.02. The van der Waals surface area contributed by atoms with Crippen LogP contribution in [0.4, 0.5) is 4.79 Å². The summed E-state index contributed by atoms with van der Waals surface area (Å²) in [5, 5.41) is 12.2. The molecule has 2 amide bonds. The number of urea groups is 1. The van der Waals surface area contributed by atoms with Crippen LogP contribution in [0.1, 0.15) is 40.0 Å². The highest BCUT2D eigenvalue weighted by Crippen LogP contribution is 2.34. The van der Waals surface area contributed by atoms with Crippen LogP contribution >= 0.6 is 0 Å². The van der Waals surface area contributed by atoms with Gasteiger partial charge in [0.2, 0.25) is 0 Å². The monoisotopic (exact) mass is 282 g/mol. The first kappa shape index (κ1) is 15.1. The summed E-state index contributed by atoms with van der Waals surface area (Å²) in [5.74, 6) is 0.0182. The van der Waals surface area contributed by atoms with Crippen LogP contribution in [0.15, 0.2) is 0 Å². The molecule has 1 saturated carbocycles. The molecule has 0 aromatic rings. The van der Waals surface area contributed by atoms with Gasteiger partial charge in [-0.1, -0.05) is 27.2 Å². The van der Waals surface area contributed by atoms with Gasteiger partial charge in [0.25, 0.3) is 0 Å². The van der Waals surface area contributed by atoms with Gasteiger partial charge in [0.15, 0.2) is 0 Å². The van der Waals surface area contributed by atoms with Gasteiger partial charge in [-0.05, 0) is 30.6 Å². The summed E-state index contributed by atoms with van der Waals surface area (Å²) in [4.78, 5) is 25.0. The molecule has 2 rings (SSSR count). The van der Waals surface area contributed by atoms with Crippen molar-refractivity contribution in [2.45, 2.75) is 46.1 Å². The predicted octanol–water partition coefficient (Wildman–Crippen LogP) is 2.17. The van der Waals surface area contributed by atoms with E-state index in [9.17, 15) is 9.59 Å². The number of hydrogen-bond donors (Lipinski definition) is 2. The van der Waals surface area contributed by atoms with Crippen LogP contribution in [-0.2, 0) is 4.79 Å². The number of carbonyl (C=O) groups is 2. The third-order valence-corrected chi connectivity index (χ3v) is 5.28. The molecule has 2 aliphatic rings. The fourth-order valence-electron chi connectivity index (χ4n) is 3.73. The van der Waals surface area contributed by atoms with Crippen LogP contribution in [-0.4, -0.2) is 41.1 Å². The van der Waals surface area contributed by atoms with Gasteiger partial charge in [0, 0.05) is 19.1 Å². The van der Waals surface area contributed by atoms with Gasteiger partial charge < -0.3 is 15.3 Å². The van der Waals surface area contributed by atoms with Crippen LogP contribution in [0.3, 0.4) is 0 Å². The van der Waals surface area contributed by atoms with E-state index in [4.69, 9.17) is 5.11 Å². The van der Waals surface area contributed by atoms with Crippen LogP contribution in [0.2, 0.25) is 0 Å². The zero-order valence-electron chi connectivity index (χ0n) is 12.6. The lowest BCUT2D eigenvalue weighted by Gasteiger charge is -2.24. The molecular formula is C15H26N2O3. The van der Waals surface area contributed by atoms with Gasteiger partial charge in [-0.2, -0.15) is 0 Å². The van der Waals surface area contributed by atoms with Crippen molar-refractivity contribution in [3.05, 3.63) is 0 Å². The van der Waals surface area contributed by atoms with Crippen LogP contribution in [0.5, 0.6) is 0 Å². The molecule has 0 aromatic heterocycles. The molecule has 0 radical (unpaired) electrons. The number of likely N-dealkylation sites (tertiary alicyclic amines) is 1. The number of hydrogen-bond acceptors (Lipinski definition) is 2. The Morgan fingerprint density at radius 3 is 2.45 bits per heavy atom. The van der Waals surface area contributed by atoms with Crippen LogP contribution in [0, 0.1) is 23.7 Å². The molecular weight excluding hydrogens is 256 g/mol. The molecule has 5 heteroatoms. The Morgan fingerprint density at radius 1 is 1.25 bits per heavy atom. The Labute approximate surface area is 120 Å². The molecule has 5 nitrogen and oxygen atoms in total. The number of carboxylic acid groups (broad SMARTS) is 1. The highest BCUT2D eigenvalue weighted by atomic mass is 16.4. The third-order valence-electron chi connectivity index (χ3n) is 5.28. The van der Waals surface area contributed by atoms with Gasteiger partial charge in [-0.25, -0.2) is 4.79 Å². The largest absolute Gasteiger partial charge is 0.481 e. The third kappa shape index (κ3) is 2.91. The first-order valence-corrected chi connectivity index (χ1v) is 7.72. The minimum absolute atomic E-state index is 0.0302. The zero-order valence-corrected chi connectivity index (χ0v) is 12.6. The minimum Gasteiger partial charge on any atom is -0.481 e. The molecule has 20 heavy (non-hydrogen) atoms. The van der Waals surface area contributed by atoms with E-state index >= 15 is 0 Å². The van der Waals surface area contributed by atoms with E-state index in [1.165, 1.54) is 6.42 Å². The van der Waals surface area contributed by atoms with Crippen molar-refractivity contribution in [2.75, 3.05) is 13.1 Å². The summed E-state index contributed by atoms with van der Waals surface area (Å²) in [7, 11) is 0. The molecule has 1 saturated heterocycles. The molecule has 2 N–H and O–H groups in total. The lowest BCUT2D eigenvalue weighted by atomic mass is 9.93. The van der Waals surface area contributed by atoms with Crippen molar-refractivity contribution in [1.82, 2.24) is 10.2 Å². The number of amides is 2. The average molecular weight is 282 g/mol. The molecule has 1 aliphatic heterocycles. The first-order chi connectivity index (χ1) is 9.43. The number of rotatable bonds is 3. The number of aliphatic carboxylic acids is 1. The Kier molecular flexibility index (Phi) is 4.55. The van der Waals surface area contributed by atoms with E-state index in [2.05, 4.69) is 19.2 Å². The van der Waals surface area contributed by atoms with E-state index < -0.39 is 11.9 Å².